The van der Waals surface area contributed by atoms with Gasteiger partial charge < -0.3 is 5.32 Å². The number of allylic oxidation sites excluding steroid dienone is 4. The molecule has 92 valence electrons. The van der Waals surface area contributed by atoms with Crippen molar-refractivity contribution in [1.29, 1.82) is 0 Å². The number of thiophene rings is 1. The second-order valence-corrected chi connectivity index (χ2v) is 5.59. The van der Waals surface area contributed by atoms with Crippen LogP contribution in [0.15, 0.2) is 23.8 Å². The zero-order chi connectivity index (χ0) is 12.7. The molecule has 4 heteroatoms. The molecule has 2 heterocycles. The molecule has 2 aliphatic rings. The smallest absolute Gasteiger partial charge is 0.261 e. The Morgan fingerprint density at radius 2 is 2.28 bits per heavy atom. The quantitative estimate of drug-likeness (QED) is 0.887. The van der Waals surface area contributed by atoms with Crippen LogP contribution in [0.2, 0.25) is 0 Å². The predicted octanol–water partition coefficient (Wildman–Crippen LogP) is 2.68. The molecule has 1 N–H and O–H groups in total. The van der Waals surface area contributed by atoms with E-state index in [4.69, 9.17) is 0 Å². The number of amides is 1. The lowest BCUT2D eigenvalue weighted by atomic mass is 9.94. The van der Waals surface area contributed by atoms with E-state index in [1.165, 1.54) is 11.3 Å². The van der Waals surface area contributed by atoms with E-state index in [1.807, 2.05) is 12.2 Å². The maximum Gasteiger partial charge on any atom is 0.261 e. The van der Waals surface area contributed by atoms with E-state index in [0.29, 0.717) is 6.54 Å². The maximum atomic E-state index is 11.6. The van der Waals surface area contributed by atoms with Gasteiger partial charge in [-0.3, -0.25) is 9.59 Å². The molecule has 1 aromatic heterocycles. The fraction of sp³-hybridized carbons (Fsp3) is 0.286. The lowest BCUT2D eigenvalue weighted by Crippen LogP contribution is -2.12. The lowest BCUT2D eigenvalue weighted by molar-refractivity contribution is -0.113. The number of Topliss-reactive ketones (excluding diaryl/α,β-unsaturated/α-hetero) is 1. The van der Waals surface area contributed by atoms with E-state index in [-0.39, 0.29) is 11.7 Å². The van der Waals surface area contributed by atoms with E-state index < -0.39 is 0 Å². The van der Waals surface area contributed by atoms with Gasteiger partial charge in [0.2, 0.25) is 0 Å². The van der Waals surface area contributed by atoms with Gasteiger partial charge in [0, 0.05) is 17.0 Å². The second-order valence-electron chi connectivity index (χ2n) is 4.54. The molecule has 1 amide bonds. The number of nitrogens with one attached hydrogen (secondary N) is 1. The normalized spacial score (nSPS) is 17.9. The molecule has 0 aromatic carbocycles. The summed E-state index contributed by atoms with van der Waals surface area (Å²) in [5.41, 5.74) is 2.95. The van der Waals surface area contributed by atoms with Gasteiger partial charge in [-0.05, 0) is 37.0 Å². The van der Waals surface area contributed by atoms with Gasteiger partial charge >= 0.3 is 0 Å². The average Bonchev–Trinajstić information content (AvgIpc) is 2.92. The van der Waals surface area contributed by atoms with Crippen LogP contribution in [-0.4, -0.2) is 11.7 Å². The van der Waals surface area contributed by atoms with Crippen molar-refractivity contribution in [2.75, 3.05) is 0 Å². The molecular weight excluding hydrogens is 246 g/mol. The van der Waals surface area contributed by atoms with Crippen molar-refractivity contribution in [2.24, 2.45) is 0 Å². The highest BCUT2D eigenvalue weighted by Crippen LogP contribution is 2.36. The Morgan fingerprint density at radius 3 is 3.00 bits per heavy atom. The lowest BCUT2D eigenvalue weighted by Gasteiger charge is -2.12. The van der Waals surface area contributed by atoms with Crippen LogP contribution in [-0.2, 0) is 11.3 Å². The minimum absolute atomic E-state index is 0.0116. The molecule has 0 atom stereocenters. The van der Waals surface area contributed by atoms with E-state index in [1.54, 1.807) is 6.92 Å². The van der Waals surface area contributed by atoms with Crippen molar-refractivity contribution >= 4 is 28.6 Å². The van der Waals surface area contributed by atoms with Crippen molar-refractivity contribution in [3.63, 3.8) is 0 Å². The molecule has 1 aromatic rings. The fourth-order valence-corrected chi connectivity index (χ4v) is 3.59. The Labute approximate surface area is 109 Å². The molecule has 3 nitrogen and oxygen atoms in total. The van der Waals surface area contributed by atoms with E-state index in [0.717, 1.165) is 39.3 Å². The van der Waals surface area contributed by atoms with E-state index in [9.17, 15) is 9.59 Å². The van der Waals surface area contributed by atoms with Gasteiger partial charge in [0.05, 0.1) is 4.88 Å². The van der Waals surface area contributed by atoms with Gasteiger partial charge in [0.15, 0.2) is 5.78 Å². The standard InChI is InChI=1S/C14H13NO2S/c1-8(16)10-4-2-3-5-11(10)12-6-9-7-15-14(17)13(9)18-12/h2,4,6H,3,5,7H2,1H3,(H,15,17). The molecule has 0 spiro atoms. The summed E-state index contributed by atoms with van der Waals surface area (Å²) in [4.78, 5) is 25.1. The van der Waals surface area contributed by atoms with E-state index in [2.05, 4.69) is 11.4 Å². The summed E-state index contributed by atoms with van der Waals surface area (Å²) >= 11 is 1.50. The third kappa shape index (κ3) is 1.73. The van der Waals surface area contributed by atoms with Crippen LogP contribution < -0.4 is 5.32 Å². The summed E-state index contributed by atoms with van der Waals surface area (Å²) in [6, 6.07) is 2.05. The van der Waals surface area contributed by atoms with Crippen LogP contribution >= 0.6 is 11.3 Å². The minimum atomic E-state index is 0.0116. The Kier molecular flexibility index (Phi) is 2.67. The van der Waals surface area contributed by atoms with Crippen LogP contribution in [0.1, 0.15) is 39.9 Å². The average molecular weight is 259 g/mol. The van der Waals surface area contributed by atoms with E-state index >= 15 is 0 Å². The third-order valence-corrected chi connectivity index (χ3v) is 4.54. The van der Waals surface area contributed by atoms with Crippen LogP contribution in [0.3, 0.4) is 0 Å². The van der Waals surface area contributed by atoms with Gasteiger partial charge in [0.1, 0.15) is 0 Å². The number of carbonyl (C=O) groups is 2. The molecule has 0 fully saturated rings. The Morgan fingerprint density at radius 1 is 1.44 bits per heavy atom. The predicted molar refractivity (Wildman–Crippen MR) is 71.5 cm³/mol. The zero-order valence-corrected chi connectivity index (χ0v) is 10.9. The first kappa shape index (κ1) is 11.4. The van der Waals surface area contributed by atoms with Crippen LogP contribution in [0.25, 0.3) is 5.57 Å². The number of ketones is 1. The summed E-state index contributed by atoms with van der Waals surface area (Å²) in [5, 5.41) is 2.80. The summed E-state index contributed by atoms with van der Waals surface area (Å²) in [5.74, 6) is 0.108. The molecule has 3 rings (SSSR count). The van der Waals surface area contributed by atoms with Gasteiger partial charge in [-0.2, -0.15) is 0 Å². The molecular formula is C14H13NO2S. The molecule has 0 radical (unpaired) electrons. The first-order valence-corrected chi connectivity index (χ1v) is 6.80. The van der Waals surface area contributed by atoms with Gasteiger partial charge in [-0.1, -0.05) is 12.2 Å². The number of hydrogen-bond donors (Lipinski definition) is 1. The van der Waals surface area contributed by atoms with Crippen molar-refractivity contribution in [3.05, 3.63) is 39.1 Å². The molecule has 0 bridgehead atoms. The molecule has 0 saturated heterocycles. The maximum absolute atomic E-state index is 11.6. The minimum Gasteiger partial charge on any atom is -0.347 e. The van der Waals surface area contributed by atoms with Gasteiger partial charge in [0.25, 0.3) is 5.91 Å². The Balaban J connectivity index is 2.09. The van der Waals surface area contributed by atoms with Crippen LogP contribution in [0.5, 0.6) is 0 Å². The monoisotopic (exact) mass is 259 g/mol. The second kappa shape index (κ2) is 4.21. The van der Waals surface area contributed by atoms with Crippen molar-refractivity contribution < 1.29 is 9.59 Å². The molecule has 0 saturated carbocycles. The Hall–Kier alpha value is -1.68. The summed E-state index contributed by atoms with van der Waals surface area (Å²) in [6.45, 7) is 2.21. The molecule has 18 heavy (non-hydrogen) atoms. The highest BCUT2D eigenvalue weighted by molar-refractivity contribution is 7.15. The van der Waals surface area contributed by atoms with Crippen molar-refractivity contribution in [2.45, 2.75) is 26.3 Å². The third-order valence-electron chi connectivity index (χ3n) is 3.30. The topological polar surface area (TPSA) is 46.2 Å². The summed E-state index contributed by atoms with van der Waals surface area (Å²) < 4.78 is 0. The van der Waals surface area contributed by atoms with Gasteiger partial charge in [-0.15, -0.1) is 11.3 Å². The largest absolute Gasteiger partial charge is 0.347 e. The number of hydrogen-bond acceptors (Lipinski definition) is 3. The number of rotatable bonds is 2. The summed E-state index contributed by atoms with van der Waals surface area (Å²) in [7, 11) is 0. The molecule has 1 aliphatic carbocycles. The number of carbonyl (C=O) groups excluding carboxylic acids is 2. The van der Waals surface area contributed by atoms with Gasteiger partial charge in [-0.25, -0.2) is 0 Å². The van der Waals surface area contributed by atoms with Crippen molar-refractivity contribution in [3.8, 4) is 0 Å². The first-order chi connectivity index (χ1) is 8.66. The summed E-state index contributed by atoms with van der Waals surface area (Å²) in [6.07, 6.45) is 5.79. The van der Waals surface area contributed by atoms with Crippen LogP contribution in [0, 0.1) is 0 Å². The highest BCUT2D eigenvalue weighted by Gasteiger charge is 2.24. The number of fused-ring (bicyclic) bond motifs is 1. The Bertz CT molecular complexity index is 607. The molecule has 0 unspecified atom stereocenters. The highest BCUT2D eigenvalue weighted by atomic mass is 32.1. The molecule has 1 aliphatic heterocycles. The first-order valence-electron chi connectivity index (χ1n) is 5.98. The fourth-order valence-electron chi connectivity index (χ4n) is 2.41. The van der Waals surface area contributed by atoms with Crippen LogP contribution in [0.4, 0.5) is 0 Å². The zero-order valence-electron chi connectivity index (χ0n) is 10.1. The van der Waals surface area contributed by atoms with Crippen molar-refractivity contribution in [1.82, 2.24) is 5.32 Å². The SMILES string of the molecule is CC(=O)C1=C(c2cc3c(s2)C(=O)NC3)CCC=C1.